The minimum Gasteiger partial charge on any atom is -0.330 e. The minimum atomic E-state index is 0.406. The van der Waals surface area contributed by atoms with Gasteiger partial charge in [-0.2, -0.15) is 0 Å². The van der Waals surface area contributed by atoms with Crippen molar-refractivity contribution in [1.82, 2.24) is 5.32 Å². The Balaban J connectivity index is 2.43. The molecule has 0 aromatic rings. The zero-order valence-corrected chi connectivity index (χ0v) is 9.97. The molecular formula is C12H26N2. The smallest absolute Gasteiger partial charge is 0.0108 e. The van der Waals surface area contributed by atoms with Crippen molar-refractivity contribution in [2.75, 3.05) is 13.1 Å². The molecule has 3 N–H and O–H groups in total. The third-order valence-electron chi connectivity index (χ3n) is 3.09. The summed E-state index contributed by atoms with van der Waals surface area (Å²) < 4.78 is 0. The van der Waals surface area contributed by atoms with Crippen LogP contribution in [-0.4, -0.2) is 19.1 Å². The van der Waals surface area contributed by atoms with Gasteiger partial charge in [0.15, 0.2) is 0 Å². The lowest BCUT2D eigenvalue weighted by Crippen LogP contribution is -2.44. The summed E-state index contributed by atoms with van der Waals surface area (Å²) in [6, 6.07) is 0.674. The average molecular weight is 198 g/mol. The minimum absolute atomic E-state index is 0.406. The van der Waals surface area contributed by atoms with Crippen LogP contribution >= 0.6 is 0 Å². The van der Waals surface area contributed by atoms with Crippen LogP contribution in [0.1, 0.15) is 46.5 Å². The Bertz CT molecular complexity index is 154. The largest absolute Gasteiger partial charge is 0.330 e. The summed E-state index contributed by atoms with van der Waals surface area (Å²) in [5.74, 6) is 0.662. The highest BCUT2D eigenvalue weighted by Gasteiger charge is 2.26. The number of nitrogens with one attached hydrogen (secondary N) is 1. The molecule has 14 heavy (non-hydrogen) atoms. The standard InChI is InChI=1S/C12H26N2/c1-12(2,3)8-10(9-13)11-6-4-5-7-14-11/h10-11,14H,4-9,13H2,1-3H3/t10-,11+/m1/s1. The van der Waals surface area contributed by atoms with E-state index in [1.54, 1.807) is 0 Å². The Hall–Kier alpha value is -0.0800. The lowest BCUT2D eigenvalue weighted by atomic mass is 9.79. The third kappa shape index (κ3) is 3.97. The number of rotatable bonds is 3. The number of piperidine rings is 1. The summed E-state index contributed by atoms with van der Waals surface area (Å²) in [6.07, 6.45) is 5.26. The molecule has 0 radical (unpaired) electrons. The van der Waals surface area contributed by atoms with Crippen LogP contribution in [0.15, 0.2) is 0 Å². The Labute approximate surface area is 88.6 Å². The topological polar surface area (TPSA) is 38.0 Å². The average Bonchev–Trinajstić information content (AvgIpc) is 2.14. The first kappa shape index (κ1) is 12.0. The van der Waals surface area contributed by atoms with Gasteiger partial charge in [0.2, 0.25) is 0 Å². The summed E-state index contributed by atoms with van der Waals surface area (Å²) in [5.41, 5.74) is 6.28. The van der Waals surface area contributed by atoms with Gasteiger partial charge in [-0.05, 0) is 43.7 Å². The molecule has 1 aliphatic rings. The maximum atomic E-state index is 5.87. The van der Waals surface area contributed by atoms with Crippen molar-refractivity contribution < 1.29 is 0 Å². The van der Waals surface area contributed by atoms with E-state index in [4.69, 9.17) is 5.73 Å². The molecule has 0 aromatic carbocycles. The van der Waals surface area contributed by atoms with Crippen LogP contribution in [0.2, 0.25) is 0 Å². The van der Waals surface area contributed by atoms with E-state index in [2.05, 4.69) is 26.1 Å². The summed E-state index contributed by atoms with van der Waals surface area (Å²) in [6.45, 7) is 8.93. The normalized spacial score (nSPS) is 26.1. The summed E-state index contributed by atoms with van der Waals surface area (Å²) in [5, 5.41) is 3.61. The van der Waals surface area contributed by atoms with Crippen LogP contribution < -0.4 is 11.1 Å². The predicted octanol–water partition coefficient (Wildman–Crippen LogP) is 2.14. The second kappa shape index (κ2) is 5.13. The molecule has 0 aliphatic carbocycles. The molecule has 84 valence electrons. The summed E-state index contributed by atoms with van der Waals surface area (Å²) in [7, 11) is 0. The van der Waals surface area contributed by atoms with E-state index in [0.29, 0.717) is 17.4 Å². The van der Waals surface area contributed by atoms with Gasteiger partial charge in [-0.1, -0.05) is 27.2 Å². The van der Waals surface area contributed by atoms with Gasteiger partial charge in [0.25, 0.3) is 0 Å². The lowest BCUT2D eigenvalue weighted by Gasteiger charge is -2.34. The molecule has 0 bridgehead atoms. The molecule has 1 saturated heterocycles. The molecule has 2 heteroatoms. The molecule has 2 atom stereocenters. The van der Waals surface area contributed by atoms with E-state index >= 15 is 0 Å². The van der Waals surface area contributed by atoms with E-state index in [-0.39, 0.29) is 0 Å². The highest BCUT2D eigenvalue weighted by atomic mass is 14.9. The van der Waals surface area contributed by atoms with Gasteiger partial charge in [-0.25, -0.2) is 0 Å². The van der Waals surface area contributed by atoms with E-state index in [1.165, 1.54) is 32.2 Å². The van der Waals surface area contributed by atoms with Gasteiger partial charge in [0, 0.05) is 6.04 Å². The molecule has 0 saturated carbocycles. The molecule has 1 rings (SSSR count). The highest BCUT2D eigenvalue weighted by Crippen LogP contribution is 2.28. The van der Waals surface area contributed by atoms with Crippen molar-refractivity contribution in [3.8, 4) is 0 Å². The maximum Gasteiger partial charge on any atom is 0.0108 e. The SMILES string of the molecule is CC(C)(C)C[C@H](CN)[C@@H]1CCCCN1. The monoisotopic (exact) mass is 198 g/mol. The van der Waals surface area contributed by atoms with E-state index in [0.717, 1.165) is 6.54 Å². The Morgan fingerprint density at radius 3 is 2.50 bits per heavy atom. The third-order valence-corrected chi connectivity index (χ3v) is 3.09. The predicted molar refractivity (Wildman–Crippen MR) is 62.3 cm³/mol. The number of hydrogen-bond acceptors (Lipinski definition) is 2. The molecule has 1 heterocycles. The van der Waals surface area contributed by atoms with E-state index in [9.17, 15) is 0 Å². The molecular weight excluding hydrogens is 172 g/mol. The second-order valence-corrected chi connectivity index (χ2v) is 5.82. The van der Waals surface area contributed by atoms with Gasteiger partial charge >= 0.3 is 0 Å². The van der Waals surface area contributed by atoms with Gasteiger partial charge in [0.05, 0.1) is 0 Å². The van der Waals surface area contributed by atoms with Crippen LogP contribution in [0.4, 0.5) is 0 Å². The second-order valence-electron chi connectivity index (χ2n) is 5.82. The molecule has 0 amide bonds. The number of nitrogens with two attached hydrogens (primary N) is 1. The van der Waals surface area contributed by atoms with Crippen molar-refractivity contribution in [3.63, 3.8) is 0 Å². The fraction of sp³-hybridized carbons (Fsp3) is 1.00. The molecule has 2 nitrogen and oxygen atoms in total. The Morgan fingerprint density at radius 2 is 2.07 bits per heavy atom. The van der Waals surface area contributed by atoms with Crippen LogP contribution in [0, 0.1) is 11.3 Å². The van der Waals surface area contributed by atoms with Crippen LogP contribution in [0.25, 0.3) is 0 Å². The zero-order valence-electron chi connectivity index (χ0n) is 9.97. The van der Waals surface area contributed by atoms with Crippen molar-refractivity contribution in [2.45, 2.75) is 52.5 Å². The van der Waals surface area contributed by atoms with Crippen molar-refractivity contribution >= 4 is 0 Å². The van der Waals surface area contributed by atoms with Crippen LogP contribution in [-0.2, 0) is 0 Å². The first-order valence-corrected chi connectivity index (χ1v) is 5.96. The van der Waals surface area contributed by atoms with E-state index in [1.807, 2.05) is 0 Å². The van der Waals surface area contributed by atoms with Crippen molar-refractivity contribution in [3.05, 3.63) is 0 Å². The summed E-state index contributed by atoms with van der Waals surface area (Å²) in [4.78, 5) is 0. The molecule has 1 aliphatic heterocycles. The van der Waals surface area contributed by atoms with E-state index < -0.39 is 0 Å². The fourth-order valence-corrected chi connectivity index (χ4v) is 2.46. The Kier molecular flexibility index (Phi) is 4.39. The zero-order chi connectivity index (χ0) is 10.6. The molecule has 1 fully saturated rings. The van der Waals surface area contributed by atoms with Gasteiger partial charge in [-0.3, -0.25) is 0 Å². The maximum absolute atomic E-state index is 5.87. The van der Waals surface area contributed by atoms with Gasteiger partial charge in [0.1, 0.15) is 0 Å². The quantitative estimate of drug-likeness (QED) is 0.729. The first-order chi connectivity index (χ1) is 6.53. The van der Waals surface area contributed by atoms with Crippen LogP contribution in [0.3, 0.4) is 0 Å². The molecule has 0 unspecified atom stereocenters. The first-order valence-electron chi connectivity index (χ1n) is 5.96. The Morgan fingerprint density at radius 1 is 1.36 bits per heavy atom. The highest BCUT2D eigenvalue weighted by molar-refractivity contribution is 4.83. The lowest BCUT2D eigenvalue weighted by molar-refractivity contribution is 0.219. The van der Waals surface area contributed by atoms with Crippen LogP contribution in [0.5, 0.6) is 0 Å². The van der Waals surface area contributed by atoms with Gasteiger partial charge < -0.3 is 11.1 Å². The van der Waals surface area contributed by atoms with Gasteiger partial charge in [-0.15, -0.1) is 0 Å². The molecule has 0 aromatic heterocycles. The summed E-state index contributed by atoms with van der Waals surface area (Å²) >= 11 is 0. The van der Waals surface area contributed by atoms with Crippen molar-refractivity contribution in [2.24, 2.45) is 17.1 Å². The number of hydrogen-bond donors (Lipinski definition) is 2. The fourth-order valence-electron chi connectivity index (χ4n) is 2.46. The van der Waals surface area contributed by atoms with Crippen molar-refractivity contribution in [1.29, 1.82) is 0 Å². The molecule has 0 spiro atoms.